The van der Waals surface area contributed by atoms with E-state index in [9.17, 15) is 18.4 Å². The molecule has 1 fully saturated rings. The van der Waals surface area contributed by atoms with Gasteiger partial charge in [0.25, 0.3) is 0 Å². The van der Waals surface area contributed by atoms with Gasteiger partial charge in [-0.05, 0) is 48.2 Å². The second-order valence-electron chi connectivity index (χ2n) is 8.54. The molecule has 1 aromatic heterocycles. The predicted molar refractivity (Wildman–Crippen MR) is 125 cm³/mol. The molecular weight excluding hydrogens is 458 g/mol. The number of ketones is 2. The molecule has 1 saturated carbocycles. The van der Waals surface area contributed by atoms with Crippen LogP contribution in [0.3, 0.4) is 0 Å². The summed E-state index contributed by atoms with van der Waals surface area (Å²) in [6.45, 7) is 0.805. The van der Waals surface area contributed by atoms with Crippen LogP contribution in [-0.4, -0.2) is 28.8 Å². The monoisotopic (exact) mass is 480 g/mol. The first-order valence-corrected chi connectivity index (χ1v) is 12.1. The van der Waals surface area contributed by atoms with Gasteiger partial charge in [-0.25, -0.2) is 13.8 Å². The quantitative estimate of drug-likeness (QED) is 0.437. The third-order valence-corrected chi connectivity index (χ3v) is 7.28. The lowest BCUT2D eigenvalue weighted by Crippen LogP contribution is -2.28. The van der Waals surface area contributed by atoms with Gasteiger partial charge in [-0.2, -0.15) is 0 Å². The average Bonchev–Trinajstić information content (AvgIpc) is 3.65. The molecule has 0 unspecified atom stereocenters. The highest BCUT2D eigenvalue weighted by atomic mass is 32.2. The number of Topliss-reactive ketones (excluding diaryl/α,β-unsaturated/α-hetero) is 2. The summed E-state index contributed by atoms with van der Waals surface area (Å²) in [4.78, 5) is 30.9. The lowest BCUT2D eigenvalue weighted by atomic mass is 9.88. The molecule has 0 bridgehead atoms. The first-order valence-electron chi connectivity index (χ1n) is 11.1. The lowest BCUT2D eigenvalue weighted by Gasteiger charge is -2.19. The van der Waals surface area contributed by atoms with Gasteiger partial charge >= 0.3 is 0 Å². The number of hydrogen-bond acceptors (Lipinski definition) is 6. The summed E-state index contributed by atoms with van der Waals surface area (Å²) >= 11 is 1.60. The van der Waals surface area contributed by atoms with Crippen molar-refractivity contribution in [2.75, 3.05) is 17.6 Å². The smallest absolute Gasteiger partial charge is 0.166 e. The van der Waals surface area contributed by atoms with Crippen molar-refractivity contribution in [2.24, 2.45) is 5.41 Å². The Hall–Kier alpha value is -3.26. The van der Waals surface area contributed by atoms with E-state index < -0.39 is 11.2 Å². The Labute approximate surface area is 199 Å². The maximum Gasteiger partial charge on any atom is 0.166 e. The summed E-state index contributed by atoms with van der Waals surface area (Å²) in [7, 11) is 0. The maximum atomic E-state index is 14.8. The first kappa shape index (κ1) is 22.5. The van der Waals surface area contributed by atoms with Crippen molar-refractivity contribution in [3.8, 4) is 11.5 Å². The van der Waals surface area contributed by atoms with Crippen molar-refractivity contribution in [3.05, 3.63) is 77.5 Å². The van der Waals surface area contributed by atoms with Crippen LogP contribution >= 0.6 is 11.8 Å². The number of fused-ring (bicyclic) bond motifs is 1. The predicted octanol–water partition coefficient (Wildman–Crippen LogP) is 5.37. The van der Waals surface area contributed by atoms with Crippen molar-refractivity contribution >= 4 is 29.1 Å². The van der Waals surface area contributed by atoms with Gasteiger partial charge < -0.3 is 10.1 Å². The van der Waals surface area contributed by atoms with Crippen LogP contribution in [0.25, 0.3) is 0 Å². The van der Waals surface area contributed by atoms with E-state index in [1.807, 2.05) is 0 Å². The number of halogens is 2. The summed E-state index contributed by atoms with van der Waals surface area (Å²) in [6, 6.07) is 11.8. The van der Waals surface area contributed by atoms with Crippen LogP contribution in [0.4, 0.5) is 14.6 Å². The van der Waals surface area contributed by atoms with Crippen LogP contribution in [0.15, 0.2) is 59.6 Å². The van der Waals surface area contributed by atoms with Crippen molar-refractivity contribution < 1.29 is 23.1 Å². The molecule has 2 aliphatic rings. The number of benzene rings is 2. The second-order valence-corrected chi connectivity index (χ2v) is 9.64. The minimum atomic E-state index is -1.01. The molecule has 3 aromatic rings. The van der Waals surface area contributed by atoms with Gasteiger partial charge in [-0.1, -0.05) is 18.2 Å². The third kappa shape index (κ3) is 4.55. The molecule has 5 nitrogen and oxygen atoms in total. The van der Waals surface area contributed by atoms with Crippen LogP contribution in [0.5, 0.6) is 11.5 Å². The van der Waals surface area contributed by atoms with E-state index in [2.05, 4.69) is 10.3 Å². The van der Waals surface area contributed by atoms with E-state index in [1.54, 1.807) is 42.2 Å². The summed E-state index contributed by atoms with van der Waals surface area (Å²) < 4.78 is 33.8. The molecule has 0 spiro atoms. The molecule has 5 rings (SSSR count). The van der Waals surface area contributed by atoms with E-state index in [0.29, 0.717) is 29.7 Å². The van der Waals surface area contributed by atoms with Crippen LogP contribution in [0.1, 0.15) is 24.0 Å². The normalized spacial score (nSPS) is 15.7. The van der Waals surface area contributed by atoms with Gasteiger partial charge in [0.2, 0.25) is 0 Å². The fourth-order valence-electron chi connectivity index (χ4n) is 4.10. The number of nitrogens with one attached hydrogen (secondary N) is 1. The molecule has 1 aliphatic heterocycles. The van der Waals surface area contributed by atoms with Crippen molar-refractivity contribution in [2.45, 2.75) is 30.6 Å². The Kier molecular flexibility index (Phi) is 6.08. The summed E-state index contributed by atoms with van der Waals surface area (Å²) in [6.07, 6.45) is 2.64. The number of carbonyl (C=O) groups is 2. The highest BCUT2D eigenvalue weighted by molar-refractivity contribution is 7.99. The number of rotatable bonds is 8. The van der Waals surface area contributed by atoms with Gasteiger partial charge in [0, 0.05) is 37.4 Å². The molecular formula is C26H22F2N2O3S. The number of thioether (sulfide) groups is 1. The van der Waals surface area contributed by atoms with Gasteiger partial charge in [0.05, 0.1) is 10.3 Å². The molecule has 8 heteroatoms. The van der Waals surface area contributed by atoms with E-state index >= 15 is 0 Å². The summed E-state index contributed by atoms with van der Waals surface area (Å²) in [5.41, 5.74) is 0.147. The molecule has 0 saturated heterocycles. The fourth-order valence-corrected chi connectivity index (χ4v) is 5.03. The molecule has 1 aliphatic carbocycles. The number of hydrogen-bond donors (Lipinski definition) is 1. The number of nitrogens with zero attached hydrogens (tertiary/aromatic N) is 1. The summed E-state index contributed by atoms with van der Waals surface area (Å²) in [5.74, 6) is 0.833. The topological polar surface area (TPSA) is 68.3 Å². The van der Waals surface area contributed by atoms with Crippen molar-refractivity contribution in [3.63, 3.8) is 0 Å². The zero-order chi connectivity index (χ0) is 23.7. The van der Waals surface area contributed by atoms with Crippen molar-refractivity contribution in [1.82, 2.24) is 4.98 Å². The van der Waals surface area contributed by atoms with Crippen LogP contribution in [0, 0.1) is 17.0 Å². The standard InChI is InChI=1S/C26H22F2N2O3S/c27-18-4-1-16(2-5-18)14-22(31)26(8-9-26)23(32)15-17-3-6-20(19(28)13-17)33-21-7-10-29-25-24(21)34-12-11-30-25/h1-7,10,13H,8-9,11-12,14-15H2,(H,29,30). The number of pyridine rings is 1. The van der Waals surface area contributed by atoms with Gasteiger partial charge in [0.15, 0.2) is 23.1 Å². The minimum absolute atomic E-state index is 0.0310. The molecule has 2 aromatic carbocycles. The zero-order valence-electron chi connectivity index (χ0n) is 18.3. The van der Waals surface area contributed by atoms with Crippen LogP contribution in [0.2, 0.25) is 0 Å². The molecule has 0 atom stereocenters. The molecule has 34 heavy (non-hydrogen) atoms. The number of ether oxygens (including phenoxy) is 1. The number of anilines is 1. The first-order chi connectivity index (χ1) is 16.4. The van der Waals surface area contributed by atoms with Crippen LogP contribution < -0.4 is 10.1 Å². The Morgan fingerprint density at radius 3 is 2.38 bits per heavy atom. The van der Waals surface area contributed by atoms with Crippen molar-refractivity contribution in [1.29, 1.82) is 0 Å². The molecule has 174 valence electrons. The van der Waals surface area contributed by atoms with Gasteiger partial charge in [-0.15, -0.1) is 11.8 Å². The van der Waals surface area contributed by atoms with E-state index in [4.69, 9.17) is 4.74 Å². The average molecular weight is 481 g/mol. The molecule has 0 amide bonds. The Balaban J connectivity index is 1.26. The maximum absolute atomic E-state index is 14.8. The molecule has 0 radical (unpaired) electrons. The van der Waals surface area contributed by atoms with E-state index in [0.717, 1.165) is 23.0 Å². The van der Waals surface area contributed by atoms with Gasteiger partial charge in [-0.3, -0.25) is 9.59 Å². The Bertz CT molecular complexity index is 1260. The molecule has 2 heterocycles. The number of aromatic nitrogens is 1. The zero-order valence-corrected chi connectivity index (χ0v) is 19.1. The Morgan fingerprint density at radius 2 is 1.68 bits per heavy atom. The fraction of sp³-hybridized carbons (Fsp3) is 0.269. The third-order valence-electron chi connectivity index (χ3n) is 6.19. The largest absolute Gasteiger partial charge is 0.453 e. The summed E-state index contributed by atoms with van der Waals surface area (Å²) in [5, 5.41) is 3.19. The van der Waals surface area contributed by atoms with E-state index in [-0.39, 0.29) is 36.0 Å². The minimum Gasteiger partial charge on any atom is -0.453 e. The van der Waals surface area contributed by atoms with Crippen LogP contribution in [-0.2, 0) is 22.4 Å². The highest BCUT2D eigenvalue weighted by Gasteiger charge is 2.54. The molecule has 1 N–H and O–H groups in total. The lowest BCUT2D eigenvalue weighted by molar-refractivity contribution is -0.133. The highest BCUT2D eigenvalue weighted by Crippen LogP contribution is 2.49. The number of carbonyl (C=O) groups excluding carboxylic acids is 2. The second kappa shape index (κ2) is 9.18. The SMILES string of the molecule is O=C(Cc1ccc(F)cc1)C1(C(=O)Cc2ccc(Oc3ccnc4c3SCCN4)c(F)c2)CC1. The Morgan fingerprint density at radius 1 is 0.971 bits per heavy atom. The van der Waals surface area contributed by atoms with Gasteiger partial charge in [0.1, 0.15) is 17.4 Å². The van der Waals surface area contributed by atoms with E-state index in [1.165, 1.54) is 24.3 Å².